The molecule has 1 aromatic rings. The topological polar surface area (TPSA) is 64.6 Å². The van der Waals surface area contributed by atoms with Crippen LogP contribution >= 0.6 is 0 Å². The second-order valence-electron chi connectivity index (χ2n) is 6.20. The molecule has 5 heteroatoms. The van der Waals surface area contributed by atoms with Gasteiger partial charge in [0.25, 0.3) is 0 Å². The van der Waals surface area contributed by atoms with Gasteiger partial charge in [0.05, 0.1) is 6.10 Å². The Balaban J connectivity index is 1.70. The zero-order valence-electron chi connectivity index (χ0n) is 13.6. The Labute approximate surface area is 138 Å². The maximum Gasteiger partial charge on any atom is 0.319 e. The van der Waals surface area contributed by atoms with Gasteiger partial charge in [-0.2, -0.15) is 0 Å². The van der Waals surface area contributed by atoms with E-state index in [0.29, 0.717) is 17.8 Å². The Morgan fingerprint density at radius 3 is 2.91 bits per heavy atom. The highest BCUT2D eigenvalue weighted by Crippen LogP contribution is 2.15. The monoisotopic (exact) mass is 315 g/mol. The van der Waals surface area contributed by atoms with E-state index in [1.54, 1.807) is 24.3 Å². The molecule has 23 heavy (non-hydrogen) atoms. The maximum absolute atomic E-state index is 11.9. The SMILES string of the molecule is C#Cc1cccc(NC(=O)NCC(O)CN2CCC(C)CC2)c1. The van der Waals surface area contributed by atoms with E-state index in [1.165, 1.54) is 12.8 Å². The Morgan fingerprint density at radius 2 is 2.22 bits per heavy atom. The van der Waals surface area contributed by atoms with E-state index in [1.807, 2.05) is 0 Å². The van der Waals surface area contributed by atoms with Gasteiger partial charge < -0.3 is 20.6 Å². The number of β-amino-alcohol motifs (C(OH)–C–C–N with tert-alkyl or cyclic N) is 1. The summed E-state index contributed by atoms with van der Waals surface area (Å²) in [6.07, 6.45) is 7.11. The minimum absolute atomic E-state index is 0.229. The lowest BCUT2D eigenvalue weighted by molar-refractivity contribution is 0.0924. The third-order valence-electron chi connectivity index (χ3n) is 4.13. The molecule has 0 spiro atoms. The highest BCUT2D eigenvalue weighted by Gasteiger charge is 2.18. The lowest BCUT2D eigenvalue weighted by Crippen LogP contribution is -2.43. The van der Waals surface area contributed by atoms with Gasteiger partial charge in [-0.05, 0) is 50.0 Å². The summed E-state index contributed by atoms with van der Waals surface area (Å²) in [6, 6.07) is 6.74. The Morgan fingerprint density at radius 1 is 1.48 bits per heavy atom. The molecule has 5 nitrogen and oxygen atoms in total. The van der Waals surface area contributed by atoms with Crippen LogP contribution in [0.3, 0.4) is 0 Å². The number of piperidine rings is 1. The Kier molecular flexibility index (Phi) is 6.45. The van der Waals surface area contributed by atoms with Crippen molar-refractivity contribution in [3.05, 3.63) is 29.8 Å². The van der Waals surface area contributed by atoms with Crippen molar-refractivity contribution in [2.24, 2.45) is 5.92 Å². The molecule has 0 bridgehead atoms. The molecule has 2 amide bonds. The fourth-order valence-corrected chi connectivity index (χ4v) is 2.68. The number of urea groups is 1. The smallest absolute Gasteiger partial charge is 0.319 e. The van der Waals surface area contributed by atoms with Gasteiger partial charge in [-0.15, -0.1) is 6.42 Å². The number of amides is 2. The second-order valence-corrected chi connectivity index (χ2v) is 6.20. The van der Waals surface area contributed by atoms with Gasteiger partial charge in [-0.1, -0.05) is 18.9 Å². The highest BCUT2D eigenvalue weighted by atomic mass is 16.3. The van der Waals surface area contributed by atoms with Crippen molar-refractivity contribution in [2.75, 3.05) is 31.5 Å². The summed E-state index contributed by atoms with van der Waals surface area (Å²) in [4.78, 5) is 14.1. The first-order valence-corrected chi connectivity index (χ1v) is 8.08. The van der Waals surface area contributed by atoms with E-state index < -0.39 is 6.10 Å². The minimum atomic E-state index is -0.564. The first-order valence-electron chi connectivity index (χ1n) is 8.08. The molecule has 1 saturated heterocycles. The van der Waals surface area contributed by atoms with Crippen LogP contribution < -0.4 is 10.6 Å². The van der Waals surface area contributed by atoms with E-state index >= 15 is 0 Å². The quantitative estimate of drug-likeness (QED) is 0.727. The zero-order chi connectivity index (χ0) is 16.7. The van der Waals surface area contributed by atoms with Gasteiger partial charge in [0.2, 0.25) is 0 Å². The summed E-state index contributed by atoms with van der Waals surface area (Å²) in [6.45, 7) is 5.12. The summed E-state index contributed by atoms with van der Waals surface area (Å²) in [5.41, 5.74) is 1.35. The molecular formula is C18H25N3O2. The summed E-state index contributed by atoms with van der Waals surface area (Å²) in [7, 11) is 0. The molecule has 1 aliphatic heterocycles. The van der Waals surface area contributed by atoms with Gasteiger partial charge in [-0.3, -0.25) is 0 Å². The summed E-state index contributed by atoms with van der Waals surface area (Å²) in [5.74, 6) is 3.29. The predicted octanol–water partition coefficient (Wildman–Crippen LogP) is 1.88. The van der Waals surface area contributed by atoms with E-state index in [4.69, 9.17) is 6.42 Å². The average Bonchev–Trinajstić information content (AvgIpc) is 2.55. The van der Waals surface area contributed by atoms with Crippen LogP contribution in [0, 0.1) is 18.3 Å². The minimum Gasteiger partial charge on any atom is -0.390 e. The number of benzene rings is 1. The Bertz CT molecular complexity index is 560. The van der Waals surface area contributed by atoms with Gasteiger partial charge >= 0.3 is 6.03 Å². The lowest BCUT2D eigenvalue weighted by Gasteiger charge is -2.31. The molecular weight excluding hydrogens is 290 g/mol. The van der Waals surface area contributed by atoms with Gasteiger partial charge in [0, 0.05) is 24.3 Å². The molecule has 1 unspecified atom stereocenters. The average molecular weight is 315 g/mol. The van der Waals surface area contributed by atoms with Gasteiger partial charge in [0.15, 0.2) is 0 Å². The fraction of sp³-hybridized carbons (Fsp3) is 0.500. The fourth-order valence-electron chi connectivity index (χ4n) is 2.68. The number of rotatable bonds is 5. The normalized spacial score (nSPS) is 17.3. The molecule has 1 fully saturated rings. The number of nitrogens with one attached hydrogen (secondary N) is 2. The number of aliphatic hydroxyl groups excluding tert-OH is 1. The summed E-state index contributed by atoms with van der Waals surface area (Å²) < 4.78 is 0. The van der Waals surface area contributed by atoms with Crippen LogP contribution in [0.1, 0.15) is 25.3 Å². The number of terminal acetylenes is 1. The molecule has 1 aliphatic rings. The number of hydrogen-bond donors (Lipinski definition) is 3. The van der Waals surface area contributed by atoms with Crippen LogP contribution in [0.4, 0.5) is 10.5 Å². The van der Waals surface area contributed by atoms with Crippen LogP contribution in [0.15, 0.2) is 24.3 Å². The molecule has 2 rings (SSSR count). The molecule has 3 N–H and O–H groups in total. The first kappa shape index (κ1) is 17.3. The standard InChI is InChI=1S/C18H25N3O2/c1-3-15-5-4-6-16(11-15)20-18(23)19-12-17(22)13-21-9-7-14(2)8-10-21/h1,4-6,11,14,17,22H,7-10,12-13H2,2H3,(H2,19,20,23). The van der Waals surface area contributed by atoms with Crippen molar-refractivity contribution in [3.8, 4) is 12.3 Å². The maximum atomic E-state index is 11.9. The van der Waals surface area contributed by atoms with Gasteiger partial charge in [0.1, 0.15) is 0 Å². The summed E-state index contributed by atoms with van der Waals surface area (Å²) in [5, 5.41) is 15.5. The number of nitrogens with zero attached hydrogens (tertiary/aromatic N) is 1. The van der Waals surface area contributed by atoms with Crippen molar-refractivity contribution in [3.63, 3.8) is 0 Å². The molecule has 1 aromatic carbocycles. The largest absolute Gasteiger partial charge is 0.390 e. The van der Waals surface area contributed by atoms with Crippen LogP contribution in [0.25, 0.3) is 0 Å². The molecule has 124 valence electrons. The third kappa shape index (κ3) is 5.93. The molecule has 0 radical (unpaired) electrons. The highest BCUT2D eigenvalue weighted by molar-refractivity contribution is 5.89. The zero-order valence-corrected chi connectivity index (χ0v) is 13.6. The first-order chi connectivity index (χ1) is 11.1. The number of carbonyl (C=O) groups is 1. The third-order valence-corrected chi connectivity index (χ3v) is 4.13. The number of carbonyl (C=O) groups excluding carboxylic acids is 1. The van der Waals surface area contributed by atoms with Crippen LogP contribution in [-0.2, 0) is 0 Å². The van der Waals surface area contributed by atoms with Crippen LogP contribution in [0.2, 0.25) is 0 Å². The number of likely N-dealkylation sites (tertiary alicyclic amines) is 1. The van der Waals surface area contributed by atoms with Crippen LogP contribution in [0.5, 0.6) is 0 Å². The van der Waals surface area contributed by atoms with Crippen molar-refractivity contribution in [1.82, 2.24) is 10.2 Å². The second kappa shape index (κ2) is 8.56. The van der Waals surface area contributed by atoms with Crippen molar-refractivity contribution in [1.29, 1.82) is 0 Å². The van der Waals surface area contributed by atoms with E-state index in [0.717, 1.165) is 19.0 Å². The molecule has 0 aromatic heterocycles. The number of anilines is 1. The van der Waals surface area contributed by atoms with Gasteiger partial charge in [-0.25, -0.2) is 4.79 Å². The van der Waals surface area contributed by atoms with E-state index in [9.17, 15) is 9.90 Å². The van der Waals surface area contributed by atoms with Crippen molar-refractivity contribution in [2.45, 2.75) is 25.9 Å². The van der Waals surface area contributed by atoms with Crippen LogP contribution in [-0.4, -0.2) is 48.3 Å². The molecule has 1 heterocycles. The molecule has 0 saturated carbocycles. The Hall–Kier alpha value is -2.03. The van der Waals surface area contributed by atoms with E-state index in [2.05, 4.69) is 28.4 Å². The predicted molar refractivity (Wildman–Crippen MR) is 92.2 cm³/mol. The van der Waals surface area contributed by atoms with Crippen molar-refractivity contribution < 1.29 is 9.90 Å². The summed E-state index contributed by atoms with van der Waals surface area (Å²) >= 11 is 0. The number of hydrogen-bond acceptors (Lipinski definition) is 3. The van der Waals surface area contributed by atoms with E-state index in [-0.39, 0.29) is 12.6 Å². The molecule has 0 aliphatic carbocycles. The number of aliphatic hydroxyl groups is 1. The lowest BCUT2D eigenvalue weighted by atomic mass is 9.99. The molecule has 1 atom stereocenters. The van der Waals surface area contributed by atoms with Crippen molar-refractivity contribution >= 4 is 11.7 Å².